The molecule has 0 aromatic carbocycles. The molecule has 0 saturated heterocycles. The van der Waals surface area contributed by atoms with E-state index >= 15 is 0 Å². The number of aromatic nitrogens is 3. The van der Waals surface area contributed by atoms with Crippen LogP contribution in [0.25, 0.3) is 0 Å². The first-order chi connectivity index (χ1) is 8.79. The van der Waals surface area contributed by atoms with Gasteiger partial charge in [0.2, 0.25) is 0 Å². The molecule has 2 aromatic rings. The maximum atomic E-state index is 11.8. The van der Waals surface area contributed by atoms with E-state index in [-0.39, 0.29) is 5.91 Å². The number of carbonyl (C=O) groups excluding carboxylic acids is 1. The van der Waals surface area contributed by atoms with Crippen molar-refractivity contribution in [3.63, 3.8) is 0 Å². The molecule has 0 radical (unpaired) electrons. The minimum absolute atomic E-state index is 0.307. The summed E-state index contributed by atoms with van der Waals surface area (Å²) >= 11 is 0. The molecule has 0 atom stereocenters. The van der Waals surface area contributed by atoms with Gasteiger partial charge in [0.1, 0.15) is 5.69 Å². The van der Waals surface area contributed by atoms with Crippen molar-refractivity contribution in [2.75, 3.05) is 17.2 Å². The van der Waals surface area contributed by atoms with Crippen LogP contribution in [0.3, 0.4) is 0 Å². The Bertz CT molecular complexity index is 512. The lowest BCUT2D eigenvalue weighted by Crippen LogP contribution is -2.14. The van der Waals surface area contributed by atoms with Crippen molar-refractivity contribution in [2.45, 2.75) is 6.92 Å². The summed E-state index contributed by atoms with van der Waals surface area (Å²) in [5.41, 5.74) is 1.22. The quantitative estimate of drug-likeness (QED) is 0.851. The summed E-state index contributed by atoms with van der Waals surface area (Å²) in [7, 11) is 0. The zero-order chi connectivity index (χ0) is 12.8. The van der Waals surface area contributed by atoms with Gasteiger partial charge >= 0.3 is 0 Å². The predicted molar refractivity (Wildman–Crippen MR) is 68.4 cm³/mol. The van der Waals surface area contributed by atoms with Gasteiger partial charge < -0.3 is 10.6 Å². The minimum atomic E-state index is -0.307. The third-order valence-corrected chi connectivity index (χ3v) is 2.18. The van der Waals surface area contributed by atoms with Gasteiger partial charge in [0.25, 0.3) is 5.91 Å². The highest BCUT2D eigenvalue weighted by molar-refractivity contribution is 6.02. The smallest absolute Gasteiger partial charge is 0.275 e. The van der Waals surface area contributed by atoms with Crippen molar-refractivity contribution >= 4 is 17.4 Å². The van der Waals surface area contributed by atoms with Crippen molar-refractivity contribution in [1.82, 2.24) is 15.0 Å². The summed E-state index contributed by atoms with van der Waals surface area (Å²) in [5.74, 6) is 0.0959. The number of pyridine rings is 1. The monoisotopic (exact) mass is 243 g/mol. The van der Waals surface area contributed by atoms with Gasteiger partial charge in [-0.2, -0.15) is 0 Å². The third kappa shape index (κ3) is 3.00. The Morgan fingerprint density at radius 3 is 2.72 bits per heavy atom. The van der Waals surface area contributed by atoms with Crippen molar-refractivity contribution in [3.05, 3.63) is 42.6 Å². The summed E-state index contributed by atoms with van der Waals surface area (Å²) in [4.78, 5) is 23.7. The molecule has 0 bridgehead atoms. The summed E-state index contributed by atoms with van der Waals surface area (Å²) in [5, 5.41) is 5.72. The maximum absolute atomic E-state index is 11.8. The molecule has 0 aliphatic rings. The summed E-state index contributed by atoms with van der Waals surface area (Å²) in [6.45, 7) is 2.81. The van der Waals surface area contributed by atoms with Gasteiger partial charge in [-0.25, -0.2) is 9.97 Å². The van der Waals surface area contributed by atoms with Crippen LogP contribution in [0, 0.1) is 0 Å². The van der Waals surface area contributed by atoms with E-state index in [1.165, 1.54) is 12.4 Å². The predicted octanol–water partition coefficient (Wildman–Crippen LogP) is 1.56. The van der Waals surface area contributed by atoms with Gasteiger partial charge in [-0.05, 0) is 19.1 Å². The fraction of sp³-hybridized carbons (Fsp3) is 0.167. The molecule has 0 unspecified atom stereocenters. The number of anilines is 2. The van der Waals surface area contributed by atoms with Crippen molar-refractivity contribution in [1.29, 1.82) is 0 Å². The second-order valence-corrected chi connectivity index (χ2v) is 3.51. The van der Waals surface area contributed by atoms with Gasteiger partial charge in [-0.1, -0.05) is 0 Å². The SMILES string of the molecule is CCNc1ccc(C(=O)Nc2cnccn2)nc1. The van der Waals surface area contributed by atoms with E-state index < -0.39 is 0 Å². The minimum Gasteiger partial charge on any atom is -0.384 e. The van der Waals surface area contributed by atoms with E-state index in [2.05, 4.69) is 25.6 Å². The number of amides is 1. The number of rotatable bonds is 4. The fourth-order valence-corrected chi connectivity index (χ4v) is 1.38. The van der Waals surface area contributed by atoms with E-state index in [0.29, 0.717) is 11.5 Å². The Labute approximate surface area is 105 Å². The first kappa shape index (κ1) is 12.0. The molecule has 6 nitrogen and oxygen atoms in total. The first-order valence-electron chi connectivity index (χ1n) is 5.57. The van der Waals surface area contributed by atoms with Crippen LogP contribution in [0.4, 0.5) is 11.5 Å². The van der Waals surface area contributed by atoms with Crippen LogP contribution in [0.2, 0.25) is 0 Å². The molecular formula is C12H13N5O. The lowest BCUT2D eigenvalue weighted by atomic mass is 10.3. The molecule has 0 saturated carbocycles. The van der Waals surface area contributed by atoms with Gasteiger partial charge in [-0.15, -0.1) is 0 Å². The molecule has 0 spiro atoms. The van der Waals surface area contributed by atoms with Gasteiger partial charge in [-0.3, -0.25) is 9.78 Å². The van der Waals surface area contributed by atoms with E-state index in [4.69, 9.17) is 0 Å². The standard InChI is InChI=1S/C12H13N5O/c1-2-14-9-3-4-10(16-7-9)12(18)17-11-8-13-5-6-15-11/h3-8,14H,2H2,1H3,(H,15,17,18). The summed E-state index contributed by atoms with van der Waals surface area (Å²) in [6.07, 6.45) is 6.15. The van der Waals surface area contributed by atoms with Crippen LogP contribution >= 0.6 is 0 Å². The van der Waals surface area contributed by atoms with E-state index in [9.17, 15) is 4.79 Å². The number of hydrogen-bond donors (Lipinski definition) is 2. The van der Waals surface area contributed by atoms with Crippen LogP contribution in [0.1, 0.15) is 17.4 Å². The second-order valence-electron chi connectivity index (χ2n) is 3.51. The van der Waals surface area contributed by atoms with Gasteiger partial charge in [0.15, 0.2) is 5.82 Å². The molecule has 0 fully saturated rings. The number of carbonyl (C=O) groups is 1. The van der Waals surface area contributed by atoms with Crippen LogP contribution in [0.15, 0.2) is 36.9 Å². The number of nitrogens with one attached hydrogen (secondary N) is 2. The van der Waals surface area contributed by atoms with Crippen LogP contribution in [0.5, 0.6) is 0 Å². The van der Waals surface area contributed by atoms with Crippen molar-refractivity contribution in [3.8, 4) is 0 Å². The Balaban J connectivity index is 2.05. The van der Waals surface area contributed by atoms with Crippen LogP contribution in [-0.2, 0) is 0 Å². The highest BCUT2D eigenvalue weighted by atomic mass is 16.1. The van der Waals surface area contributed by atoms with Crippen molar-refractivity contribution in [2.24, 2.45) is 0 Å². The first-order valence-corrected chi connectivity index (χ1v) is 5.57. The van der Waals surface area contributed by atoms with Crippen molar-refractivity contribution < 1.29 is 4.79 Å². The molecule has 92 valence electrons. The molecule has 0 aliphatic carbocycles. The lowest BCUT2D eigenvalue weighted by Gasteiger charge is -2.05. The fourth-order valence-electron chi connectivity index (χ4n) is 1.38. The highest BCUT2D eigenvalue weighted by Gasteiger charge is 2.07. The topological polar surface area (TPSA) is 79.8 Å². The normalized spacial score (nSPS) is 9.83. The Morgan fingerprint density at radius 1 is 1.22 bits per heavy atom. The van der Waals surface area contributed by atoms with E-state index in [1.54, 1.807) is 18.5 Å². The maximum Gasteiger partial charge on any atom is 0.275 e. The number of nitrogens with zero attached hydrogens (tertiary/aromatic N) is 3. The molecule has 2 N–H and O–H groups in total. The number of hydrogen-bond acceptors (Lipinski definition) is 5. The van der Waals surface area contributed by atoms with Crippen LogP contribution < -0.4 is 10.6 Å². The summed E-state index contributed by atoms with van der Waals surface area (Å²) in [6, 6.07) is 3.46. The average molecular weight is 243 g/mol. The molecular weight excluding hydrogens is 230 g/mol. The van der Waals surface area contributed by atoms with Crippen LogP contribution in [-0.4, -0.2) is 27.4 Å². The Morgan fingerprint density at radius 2 is 2.11 bits per heavy atom. The zero-order valence-corrected chi connectivity index (χ0v) is 9.92. The van der Waals surface area contributed by atoms with E-state index in [1.807, 2.05) is 13.0 Å². The molecule has 2 rings (SSSR count). The third-order valence-electron chi connectivity index (χ3n) is 2.18. The molecule has 2 heterocycles. The van der Waals surface area contributed by atoms with Gasteiger partial charge in [0.05, 0.1) is 18.1 Å². The largest absolute Gasteiger partial charge is 0.384 e. The second kappa shape index (κ2) is 5.72. The average Bonchev–Trinajstić information content (AvgIpc) is 2.41. The summed E-state index contributed by atoms with van der Waals surface area (Å²) < 4.78 is 0. The van der Waals surface area contributed by atoms with Gasteiger partial charge in [0, 0.05) is 18.9 Å². The lowest BCUT2D eigenvalue weighted by molar-refractivity contribution is 0.102. The molecule has 6 heteroatoms. The Hall–Kier alpha value is -2.50. The molecule has 2 aromatic heterocycles. The zero-order valence-electron chi connectivity index (χ0n) is 9.92. The van der Waals surface area contributed by atoms with E-state index in [0.717, 1.165) is 12.2 Å². The Kier molecular flexibility index (Phi) is 3.80. The highest BCUT2D eigenvalue weighted by Crippen LogP contribution is 2.07. The molecule has 0 aliphatic heterocycles. The molecule has 1 amide bonds. The molecule has 18 heavy (non-hydrogen) atoms.